The first-order chi connectivity index (χ1) is 14.9. The van der Waals surface area contributed by atoms with Gasteiger partial charge in [0.1, 0.15) is 18.1 Å². The van der Waals surface area contributed by atoms with Gasteiger partial charge in [-0.2, -0.15) is 0 Å². The Balaban J connectivity index is 1.65. The van der Waals surface area contributed by atoms with Crippen LogP contribution in [0.15, 0.2) is 78.9 Å². The van der Waals surface area contributed by atoms with Crippen LogP contribution in [0.5, 0.6) is 0 Å². The molecule has 3 rings (SSSR count). The van der Waals surface area contributed by atoms with Crippen LogP contribution in [-0.2, 0) is 16.1 Å². The Morgan fingerprint density at radius 1 is 0.968 bits per heavy atom. The summed E-state index contributed by atoms with van der Waals surface area (Å²) in [7, 11) is 0. The minimum absolute atomic E-state index is 0.0168. The van der Waals surface area contributed by atoms with Crippen molar-refractivity contribution in [2.75, 3.05) is 0 Å². The van der Waals surface area contributed by atoms with Gasteiger partial charge in [-0.3, -0.25) is 9.59 Å². The second-order valence-electron chi connectivity index (χ2n) is 7.50. The first kappa shape index (κ1) is 22.1. The van der Waals surface area contributed by atoms with Crippen LogP contribution >= 0.6 is 0 Å². The summed E-state index contributed by atoms with van der Waals surface area (Å²) >= 11 is 0. The van der Waals surface area contributed by atoms with Gasteiger partial charge in [0, 0.05) is 5.56 Å². The molecule has 3 aromatic rings. The number of carbonyl (C=O) groups is 2. The van der Waals surface area contributed by atoms with Gasteiger partial charge in [-0.1, -0.05) is 74.5 Å². The highest BCUT2D eigenvalue weighted by Crippen LogP contribution is 2.18. The summed E-state index contributed by atoms with van der Waals surface area (Å²) in [5.74, 6) is -1.31. The third-order valence-corrected chi connectivity index (χ3v) is 4.79. The summed E-state index contributed by atoms with van der Waals surface area (Å²) in [4.78, 5) is 29.6. The van der Waals surface area contributed by atoms with E-state index in [9.17, 15) is 14.0 Å². The standard InChI is InChI=1S/C26H24FNO3/c1-18(2)23(16-13-19-11-14-21(27)15-12-19)26(30)31-17-22-9-6-10-24(28-22)25(29)20-7-4-3-5-8-20/h3-16,18,23H,17H2,1-2H3. The Hall–Kier alpha value is -3.60. The number of benzene rings is 2. The molecule has 0 N–H and O–H groups in total. The topological polar surface area (TPSA) is 56.3 Å². The summed E-state index contributed by atoms with van der Waals surface area (Å²) in [6, 6.07) is 20.0. The predicted molar refractivity (Wildman–Crippen MR) is 118 cm³/mol. The molecule has 0 fully saturated rings. The van der Waals surface area contributed by atoms with Crippen LogP contribution in [0.25, 0.3) is 6.08 Å². The quantitative estimate of drug-likeness (QED) is 0.360. The smallest absolute Gasteiger partial charge is 0.313 e. The maximum absolute atomic E-state index is 13.1. The van der Waals surface area contributed by atoms with Crippen LogP contribution in [0.2, 0.25) is 0 Å². The Kier molecular flexibility index (Phi) is 7.44. The van der Waals surface area contributed by atoms with Gasteiger partial charge < -0.3 is 4.74 Å². The predicted octanol–water partition coefficient (Wildman–Crippen LogP) is 5.48. The molecule has 1 aromatic heterocycles. The van der Waals surface area contributed by atoms with E-state index in [-0.39, 0.29) is 30.1 Å². The van der Waals surface area contributed by atoms with E-state index >= 15 is 0 Å². The Labute approximate surface area is 181 Å². The van der Waals surface area contributed by atoms with E-state index in [4.69, 9.17) is 4.74 Å². The van der Waals surface area contributed by atoms with Crippen LogP contribution in [0.1, 0.15) is 41.2 Å². The number of aromatic nitrogens is 1. The monoisotopic (exact) mass is 417 g/mol. The maximum atomic E-state index is 13.1. The van der Waals surface area contributed by atoms with Gasteiger partial charge in [0.05, 0.1) is 11.6 Å². The summed E-state index contributed by atoms with van der Waals surface area (Å²) in [5, 5.41) is 0. The first-order valence-corrected chi connectivity index (χ1v) is 10.1. The number of ether oxygens (including phenoxy) is 1. The number of ketones is 1. The second-order valence-corrected chi connectivity index (χ2v) is 7.50. The van der Waals surface area contributed by atoms with Crippen molar-refractivity contribution < 1.29 is 18.7 Å². The molecule has 5 heteroatoms. The molecule has 0 radical (unpaired) electrons. The Morgan fingerprint density at radius 3 is 2.35 bits per heavy atom. The van der Waals surface area contributed by atoms with Crippen LogP contribution < -0.4 is 0 Å². The molecule has 0 aliphatic rings. The van der Waals surface area contributed by atoms with Gasteiger partial charge in [0.15, 0.2) is 0 Å². The molecule has 0 aliphatic heterocycles. The summed E-state index contributed by atoms with van der Waals surface area (Å²) in [5.41, 5.74) is 2.15. The lowest BCUT2D eigenvalue weighted by Crippen LogP contribution is -2.21. The average molecular weight is 417 g/mol. The van der Waals surface area contributed by atoms with Gasteiger partial charge >= 0.3 is 5.97 Å². The molecule has 1 atom stereocenters. The average Bonchev–Trinajstić information content (AvgIpc) is 2.79. The van der Waals surface area contributed by atoms with Gasteiger partial charge in [0.25, 0.3) is 0 Å². The van der Waals surface area contributed by atoms with Crippen molar-refractivity contribution >= 4 is 17.8 Å². The number of pyridine rings is 1. The number of hydrogen-bond acceptors (Lipinski definition) is 4. The third-order valence-electron chi connectivity index (χ3n) is 4.79. The zero-order valence-electron chi connectivity index (χ0n) is 17.5. The molecule has 0 spiro atoms. The lowest BCUT2D eigenvalue weighted by atomic mass is 9.95. The lowest BCUT2D eigenvalue weighted by Gasteiger charge is -2.16. The van der Waals surface area contributed by atoms with Crippen molar-refractivity contribution in [2.45, 2.75) is 20.5 Å². The highest BCUT2D eigenvalue weighted by molar-refractivity contribution is 6.07. The number of esters is 1. The summed E-state index contributed by atoms with van der Waals surface area (Å²) in [6.45, 7) is 3.83. The number of halogens is 1. The fourth-order valence-corrected chi connectivity index (χ4v) is 3.03. The minimum Gasteiger partial charge on any atom is -0.459 e. The fraction of sp³-hybridized carbons (Fsp3) is 0.192. The molecule has 0 bridgehead atoms. The SMILES string of the molecule is CC(C)C(C=Cc1ccc(F)cc1)C(=O)OCc1cccc(C(=O)c2ccccc2)n1. The van der Waals surface area contributed by atoms with Gasteiger partial charge in [-0.15, -0.1) is 0 Å². The molecule has 31 heavy (non-hydrogen) atoms. The molecular weight excluding hydrogens is 393 g/mol. The third kappa shape index (κ3) is 6.19. The molecular formula is C26H24FNO3. The number of nitrogens with zero attached hydrogens (tertiary/aromatic N) is 1. The molecule has 1 heterocycles. The van der Waals surface area contributed by atoms with Crippen molar-refractivity contribution in [1.82, 2.24) is 4.98 Å². The molecule has 0 aliphatic carbocycles. The van der Waals surface area contributed by atoms with E-state index in [1.54, 1.807) is 66.7 Å². The highest BCUT2D eigenvalue weighted by atomic mass is 19.1. The highest BCUT2D eigenvalue weighted by Gasteiger charge is 2.21. The number of hydrogen-bond donors (Lipinski definition) is 0. The van der Waals surface area contributed by atoms with Crippen molar-refractivity contribution in [3.63, 3.8) is 0 Å². The van der Waals surface area contributed by atoms with Gasteiger partial charge in [-0.25, -0.2) is 9.37 Å². The van der Waals surface area contributed by atoms with E-state index in [0.717, 1.165) is 5.56 Å². The normalized spacial score (nSPS) is 12.1. The largest absolute Gasteiger partial charge is 0.459 e. The van der Waals surface area contributed by atoms with Crippen molar-refractivity contribution in [3.8, 4) is 0 Å². The van der Waals surface area contributed by atoms with Crippen molar-refractivity contribution in [2.24, 2.45) is 11.8 Å². The van der Waals surface area contributed by atoms with Crippen molar-refractivity contribution in [3.05, 3.63) is 107 Å². The zero-order valence-corrected chi connectivity index (χ0v) is 17.5. The maximum Gasteiger partial charge on any atom is 0.313 e. The molecule has 0 amide bonds. The van der Waals surface area contributed by atoms with E-state index < -0.39 is 5.92 Å². The first-order valence-electron chi connectivity index (χ1n) is 10.1. The van der Waals surface area contributed by atoms with E-state index in [2.05, 4.69) is 4.98 Å². The molecule has 1 unspecified atom stereocenters. The fourth-order valence-electron chi connectivity index (χ4n) is 3.03. The number of rotatable bonds is 8. The minimum atomic E-state index is -0.459. The van der Waals surface area contributed by atoms with Crippen LogP contribution in [0.3, 0.4) is 0 Å². The molecule has 158 valence electrons. The molecule has 4 nitrogen and oxygen atoms in total. The zero-order chi connectivity index (χ0) is 22.2. The van der Waals surface area contributed by atoms with Gasteiger partial charge in [-0.05, 0) is 35.7 Å². The van der Waals surface area contributed by atoms with E-state index in [1.165, 1.54) is 12.1 Å². The van der Waals surface area contributed by atoms with E-state index in [1.807, 2.05) is 19.9 Å². The second kappa shape index (κ2) is 10.4. The lowest BCUT2D eigenvalue weighted by molar-refractivity contribution is -0.149. The van der Waals surface area contributed by atoms with Crippen molar-refractivity contribution in [1.29, 1.82) is 0 Å². The summed E-state index contributed by atoms with van der Waals surface area (Å²) < 4.78 is 18.5. The Morgan fingerprint density at radius 2 is 1.68 bits per heavy atom. The molecule has 0 saturated carbocycles. The summed E-state index contributed by atoms with van der Waals surface area (Å²) in [6.07, 6.45) is 3.55. The molecule has 2 aromatic carbocycles. The van der Waals surface area contributed by atoms with E-state index in [0.29, 0.717) is 17.0 Å². The van der Waals surface area contributed by atoms with Crippen LogP contribution in [0.4, 0.5) is 4.39 Å². The van der Waals surface area contributed by atoms with Crippen LogP contribution in [0, 0.1) is 17.7 Å². The molecule has 0 saturated heterocycles. The number of carbonyl (C=O) groups excluding carboxylic acids is 2. The van der Waals surface area contributed by atoms with Crippen LogP contribution in [-0.4, -0.2) is 16.7 Å². The van der Waals surface area contributed by atoms with Gasteiger partial charge in [0.2, 0.25) is 5.78 Å². The Bertz CT molecular complexity index is 1060.